The Morgan fingerprint density at radius 3 is 3.00 bits per heavy atom. The molecule has 1 atom stereocenters. The molecule has 1 aromatic carbocycles. The van der Waals surface area contributed by atoms with E-state index in [0.29, 0.717) is 11.5 Å². The average molecular weight is 262 g/mol. The highest BCUT2D eigenvalue weighted by atomic mass is 16.3. The lowest BCUT2D eigenvalue weighted by Crippen LogP contribution is -2.42. The van der Waals surface area contributed by atoms with Gasteiger partial charge in [0.1, 0.15) is 5.75 Å². The maximum absolute atomic E-state index is 12.4. The van der Waals surface area contributed by atoms with Gasteiger partial charge < -0.3 is 15.3 Å². The summed E-state index contributed by atoms with van der Waals surface area (Å²) in [6, 6.07) is 5.22. The Morgan fingerprint density at radius 1 is 1.53 bits per heavy atom. The minimum Gasteiger partial charge on any atom is -0.507 e. The van der Waals surface area contributed by atoms with Crippen molar-refractivity contribution in [1.82, 2.24) is 10.2 Å². The number of phenolic OH excluding ortho intramolecular Hbond substituents is 1. The summed E-state index contributed by atoms with van der Waals surface area (Å²) >= 11 is 0. The van der Waals surface area contributed by atoms with E-state index < -0.39 is 0 Å². The number of rotatable bonds is 3. The summed E-state index contributed by atoms with van der Waals surface area (Å²) < 4.78 is 0. The van der Waals surface area contributed by atoms with Crippen molar-refractivity contribution in [3.63, 3.8) is 0 Å². The fraction of sp³-hybridized carbons (Fsp3) is 0.533. The van der Waals surface area contributed by atoms with Gasteiger partial charge in [0.2, 0.25) is 0 Å². The van der Waals surface area contributed by atoms with Gasteiger partial charge in [-0.15, -0.1) is 0 Å². The van der Waals surface area contributed by atoms with Crippen LogP contribution in [0.15, 0.2) is 18.2 Å². The first kappa shape index (κ1) is 13.9. The second-order valence-corrected chi connectivity index (χ2v) is 5.34. The van der Waals surface area contributed by atoms with Crippen LogP contribution in [-0.2, 0) is 0 Å². The van der Waals surface area contributed by atoms with Gasteiger partial charge in [0, 0.05) is 13.1 Å². The molecule has 4 nitrogen and oxygen atoms in total. The molecule has 1 aliphatic rings. The lowest BCUT2D eigenvalue weighted by Gasteiger charge is -2.33. The number of piperidine rings is 1. The second-order valence-electron chi connectivity index (χ2n) is 5.34. The molecule has 2 rings (SSSR count). The summed E-state index contributed by atoms with van der Waals surface area (Å²) in [7, 11) is 1.94. The molecule has 0 spiro atoms. The van der Waals surface area contributed by atoms with Gasteiger partial charge in [-0.3, -0.25) is 4.79 Å². The normalized spacial score (nSPS) is 19.5. The molecular formula is C15H22N2O2. The van der Waals surface area contributed by atoms with Gasteiger partial charge in [-0.05, 0) is 57.0 Å². The van der Waals surface area contributed by atoms with Gasteiger partial charge in [0.05, 0.1) is 5.56 Å². The van der Waals surface area contributed by atoms with E-state index in [0.717, 1.165) is 38.0 Å². The fourth-order valence-corrected chi connectivity index (χ4v) is 2.70. The van der Waals surface area contributed by atoms with Crippen molar-refractivity contribution in [2.45, 2.75) is 19.8 Å². The largest absolute Gasteiger partial charge is 0.507 e. The summed E-state index contributed by atoms with van der Waals surface area (Å²) in [4.78, 5) is 14.3. The van der Waals surface area contributed by atoms with Crippen LogP contribution in [0.5, 0.6) is 5.75 Å². The molecule has 1 fully saturated rings. The van der Waals surface area contributed by atoms with Gasteiger partial charge in [-0.25, -0.2) is 0 Å². The highest BCUT2D eigenvalue weighted by Crippen LogP contribution is 2.23. The van der Waals surface area contributed by atoms with E-state index in [2.05, 4.69) is 5.32 Å². The second kappa shape index (κ2) is 6.06. The van der Waals surface area contributed by atoms with Gasteiger partial charge >= 0.3 is 0 Å². The van der Waals surface area contributed by atoms with E-state index in [-0.39, 0.29) is 11.7 Å². The van der Waals surface area contributed by atoms with E-state index in [1.54, 1.807) is 12.1 Å². The van der Waals surface area contributed by atoms with E-state index in [1.807, 2.05) is 24.9 Å². The first-order valence-electron chi connectivity index (χ1n) is 6.85. The van der Waals surface area contributed by atoms with Crippen LogP contribution < -0.4 is 5.32 Å². The average Bonchev–Trinajstić information content (AvgIpc) is 2.39. The Labute approximate surface area is 114 Å². The van der Waals surface area contributed by atoms with Crippen molar-refractivity contribution >= 4 is 5.91 Å². The molecule has 1 aliphatic heterocycles. The SMILES string of the molecule is CNCC1CCCN(C(=O)c2ccc(C)cc2O)C1. The summed E-state index contributed by atoms with van der Waals surface area (Å²) in [6.45, 7) is 4.39. The molecule has 0 radical (unpaired) electrons. The zero-order valence-electron chi connectivity index (χ0n) is 11.6. The summed E-state index contributed by atoms with van der Waals surface area (Å²) in [5.74, 6) is 0.536. The number of nitrogens with one attached hydrogen (secondary N) is 1. The molecule has 104 valence electrons. The number of benzene rings is 1. The predicted molar refractivity (Wildman–Crippen MR) is 75.4 cm³/mol. The van der Waals surface area contributed by atoms with E-state index >= 15 is 0 Å². The Kier molecular flexibility index (Phi) is 4.43. The minimum absolute atomic E-state index is 0.0571. The van der Waals surface area contributed by atoms with Crippen LogP contribution in [0, 0.1) is 12.8 Å². The van der Waals surface area contributed by atoms with Crippen molar-refractivity contribution in [2.24, 2.45) is 5.92 Å². The van der Waals surface area contributed by atoms with Crippen molar-refractivity contribution in [3.8, 4) is 5.75 Å². The van der Waals surface area contributed by atoms with Crippen molar-refractivity contribution in [2.75, 3.05) is 26.7 Å². The number of amides is 1. The van der Waals surface area contributed by atoms with Crippen LogP contribution in [0.4, 0.5) is 0 Å². The lowest BCUT2D eigenvalue weighted by molar-refractivity contribution is 0.0671. The molecule has 1 amide bonds. The molecule has 19 heavy (non-hydrogen) atoms. The number of carbonyl (C=O) groups excluding carboxylic acids is 1. The van der Waals surface area contributed by atoms with Crippen LogP contribution >= 0.6 is 0 Å². The molecule has 1 heterocycles. The molecule has 1 unspecified atom stereocenters. The molecule has 2 N–H and O–H groups in total. The Bertz CT molecular complexity index is 457. The first-order chi connectivity index (χ1) is 9.11. The highest BCUT2D eigenvalue weighted by molar-refractivity contribution is 5.97. The van der Waals surface area contributed by atoms with Crippen LogP contribution in [0.2, 0.25) is 0 Å². The summed E-state index contributed by atoms with van der Waals surface area (Å²) in [5.41, 5.74) is 1.37. The molecule has 0 aliphatic carbocycles. The smallest absolute Gasteiger partial charge is 0.257 e. The number of likely N-dealkylation sites (tertiary alicyclic amines) is 1. The molecular weight excluding hydrogens is 240 g/mol. The zero-order valence-corrected chi connectivity index (χ0v) is 11.6. The highest BCUT2D eigenvalue weighted by Gasteiger charge is 2.25. The van der Waals surface area contributed by atoms with Gasteiger partial charge in [-0.1, -0.05) is 6.07 Å². The van der Waals surface area contributed by atoms with Crippen molar-refractivity contribution in [3.05, 3.63) is 29.3 Å². The van der Waals surface area contributed by atoms with Gasteiger partial charge in [0.25, 0.3) is 5.91 Å². The standard InChI is InChI=1S/C15H22N2O2/c1-11-5-6-13(14(18)8-11)15(19)17-7-3-4-12(10-17)9-16-2/h5-6,8,12,16,18H,3-4,7,9-10H2,1-2H3. The first-order valence-corrected chi connectivity index (χ1v) is 6.85. The quantitative estimate of drug-likeness (QED) is 0.873. The third-order valence-electron chi connectivity index (χ3n) is 3.68. The van der Waals surface area contributed by atoms with Crippen LogP contribution in [0.3, 0.4) is 0 Å². The summed E-state index contributed by atoms with van der Waals surface area (Å²) in [6.07, 6.45) is 2.19. The summed E-state index contributed by atoms with van der Waals surface area (Å²) in [5, 5.41) is 13.1. The molecule has 0 saturated carbocycles. The molecule has 0 bridgehead atoms. The monoisotopic (exact) mass is 262 g/mol. The topological polar surface area (TPSA) is 52.6 Å². The number of nitrogens with zero attached hydrogens (tertiary/aromatic N) is 1. The van der Waals surface area contributed by atoms with E-state index in [4.69, 9.17) is 0 Å². The predicted octanol–water partition coefficient (Wildman–Crippen LogP) is 1.77. The van der Waals surface area contributed by atoms with Crippen LogP contribution in [0.25, 0.3) is 0 Å². The third-order valence-corrected chi connectivity index (χ3v) is 3.68. The number of hydrogen-bond donors (Lipinski definition) is 2. The number of hydrogen-bond acceptors (Lipinski definition) is 3. The molecule has 0 aromatic heterocycles. The van der Waals surface area contributed by atoms with Crippen molar-refractivity contribution < 1.29 is 9.90 Å². The van der Waals surface area contributed by atoms with E-state index in [1.165, 1.54) is 0 Å². The Hall–Kier alpha value is -1.55. The van der Waals surface area contributed by atoms with Crippen molar-refractivity contribution in [1.29, 1.82) is 0 Å². The zero-order chi connectivity index (χ0) is 13.8. The number of carbonyl (C=O) groups is 1. The van der Waals surface area contributed by atoms with Gasteiger partial charge in [-0.2, -0.15) is 0 Å². The number of aromatic hydroxyl groups is 1. The Balaban J connectivity index is 2.10. The van der Waals surface area contributed by atoms with Crippen LogP contribution in [0.1, 0.15) is 28.8 Å². The van der Waals surface area contributed by atoms with Crippen LogP contribution in [-0.4, -0.2) is 42.6 Å². The maximum Gasteiger partial charge on any atom is 0.257 e. The van der Waals surface area contributed by atoms with E-state index in [9.17, 15) is 9.90 Å². The number of aryl methyl sites for hydroxylation is 1. The lowest BCUT2D eigenvalue weighted by atomic mass is 9.97. The third kappa shape index (κ3) is 3.26. The number of phenols is 1. The maximum atomic E-state index is 12.4. The fourth-order valence-electron chi connectivity index (χ4n) is 2.70. The molecule has 1 saturated heterocycles. The minimum atomic E-state index is -0.0571. The molecule has 4 heteroatoms. The Morgan fingerprint density at radius 2 is 2.32 bits per heavy atom. The van der Waals surface area contributed by atoms with Gasteiger partial charge in [0.15, 0.2) is 0 Å². The molecule has 1 aromatic rings.